The summed E-state index contributed by atoms with van der Waals surface area (Å²) in [6, 6.07) is 6.33. The van der Waals surface area contributed by atoms with Gasteiger partial charge in [-0.05, 0) is 65.1 Å². The summed E-state index contributed by atoms with van der Waals surface area (Å²) < 4.78 is 20.9. The number of halogens is 3. The Morgan fingerprint density at radius 1 is 1.19 bits per heavy atom. The molecule has 1 aliphatic rings. The monoisotopic (exact) mass is 410 g/mol. The molecular weight excluding hydrogens is 390 g/mol. The summed E-state index contributed by atoms with van der Waals surface area (Å²) in [4.78, 5) is 11.6. The highest BCUT2D eigenvalue weighted by atomic mass is 35.5. The van der Waals surface area contributed by atoms with Gasteiger partial charge in [-0.3, -0.25) is 0 Å². The van der Waals surface area contributed by atoms with E-state index in [4.69, 9.17) is 27.9 Å². The van der Waals surface area contributed by atoms with Gasteiger partial charge in [0.15, 0.2) is 0 Å². The summed E-state index contributed by atoms with van der Waals surface area (Å²) >= 11 is 12.0. The smallest absolute Gasteiger partial charge is 0.338 e. The van der Waals surface area contributed by atoms with Crippen molar-refractivity contribution in [2.75, 3.05) is 0 Å². The van der Waals surface area contributed by atoms with Gasteiger partial charge in [0, 0.05) is 10.0 Å². The third-order valence-electron chi connectivity index (χ3n) is 4.66. The van der Waals surface area contributed by atoms with Gasteiger partial charge in [0.05, 0.1) is 5.56 Å². The number of carboxylic acids is 1. The first-order valence-corrected chi connectivity index (χ1v) is 9.51. The van der Waals surface area contributed by atoms with E-state index >= 15 is 4.39 Å². The highest BCUT2D eigenvalue weighted by Gasteiger charge is 2.35. The van der Waals surface area contributed by atoms with Crippen LogP contribution >= 0.6 is 23.2 Å². The zero-order valence-electron chi connectivity index (χ0n) is 15.4. The van der Waals surface area contributed by atoms with Gasteiger partial charge in [0.25, 0.3) is 0 Å². The van der Waals surface area contributed by atoms with Crippen LogP contribution < -0.4 is 4.74 Å². The summed E-state index contributed by atoms with van der Waals surface area (Å²) in [5, 5.41) is 10.3. The Hall–Kier alpha value is -1.78. The summed E-state index contributed by atoms with van der Waals surface area (Å²) in [6.07, 6.45) is 1.69. The van der Waals surface area contributed by atoms with E-state index in [1.807, 2.05) is 20.8 Å². The molecule has 0 bridgehead atoms. The topological polar surface area (TPSA) is 46.5 Å². The van der Waals surface area contributed by atoms with Crippen molar-refractivity contribution in [1.29, 1.82) is 0 Å². The Morgan fingerprint density at radius 3 is 2.26 bits per heavy atom. The van der Waals surface area contributed by atoms with Crippen molar-refractivity contribution < 1.29 is 19.0 Å². The van der Waals surface area contributed by atoms with E-state index in [1.165, 1.54) is 6.07 Å². The van der Waals surface area contributed by atoms with Gasteiger partial charge >= 0.3 is 5.97 Å². The molecule has 0 heterocycles. The number of hydrogen-bond donors (Lipinski definition) is 1. The van der Waals surface area contributed by atoms with Crippen LogP contribution in [0.2, 0.25) is 10.0 Å². The second-order valence-corrected chi connectivity index (χ2v) is 8.77. The molecule has 0 radical (unpaired) electrons. The highest BCUT2D eigenvalue weighted by Crippen LogP contribution is 2.46. The molecule has 3 rings (SSSR count). The second kappa shape index (κ2) is 7.33. The Morgan fingerprint density at radius 2 is 1.78 bits per heavy atom. The van der Waals surface area contributed by atoms with Crippen LogP contribution in [0.4, 0.5) is 4.39 Å². The van der Waals surface area contributed by atoms with Crippen molar-refractivity contribution in [3.05, 3.63) is 62.4 Å². The molecule has 2 aromatic carbocycles. The number of rotatable bonds is 5. The number of benzene rings is 2. The molecule has 0 atom stereocenters. The quantitative estimate of drug-likeness (QED) is 0.604. The van der Waals surface area contributed by atoms with E-state index in [1.54, 1.807) is 18.2 Å². The van der Waals surface area contributed by atoms with Crippen molar-refractivity contribution in [1.82, 2.24) is 0 Å². The maximum absolute atomic E-state index is 15.0. The predicted octanol–water partition coefficient (Wildman–Crippen LogP) is 6.58. The van der Waals surface area contributed by atoms with Crippen LogP contribution in [0.15, 0.2) is 24.3 Å². The van der Waals surface area contributed by atoms with Gasteiger partial charge in [-0.2, -0.15) is 0 Å². The Kier molecular flexibility index (Phi) is 5.42. The zero-order valence-corrected chi connectivity index (χ0v) is 16.9. The van der Waals surface area contributed by atoms with Gasteiger partial charge in [-0.25, -0.2) is 9.18 Å². The van der Waals surface area contributed by atoms with Crippen LogP contribution in [-0.4, -0.2) is 11.1 Å². The minimum Gasteiger partial charge on any atom is -0.489 e. The van der Waals surface area contributed by atoms with E-state index in [0.717, 1.165) is 18.4 Å². The first-order valence-electron chi connectivity index (χ1n) is 8.76. The summed E-state index contributed by atoms with van der Waals surface area (Å²) in [5.74, 6) is -1.39. The van der Waals surface area contributed by atoms with Crippen molar-refractivity contribution >= 4 is 29.2 Å². The van der Waals surface area contributed by atoms with Crippen molar-refractivity contribution in [2.24, 2.45) is 0 Å². The van der Waals surface area contributed by atoms with E-state index < -0.39 is 11.8 Å². The van der Waals surface area contributed by atoms with Crippen LogP contribution in [0.1, 0.15) is 66.6 Å². The fourth-order valence-electron chi connectivity index (χ4n) is 3.26. The van der Waals surface area contributed by atoms with Gasteiger partial charge < -0.3 is 9.84 Å². The number of aromatic carboxylic acids is 1. The Labute approximate surface area is 168 Å². The van der Waals surface area contributed by atoms with Crippen molar-refractivity contribution in [3.63, 3.8) is 0 Å². The van der Waals surface area contributed by atoms with Gasteiger partial charge in [-0.15, -0.1) is 0 Å². The molecule has 0 aromatic heterocycles. The molecule has 0 unspecified atom stereocenters. The molecule has 0 spiro atoms. The minimum atomic E-state index is -1.26. The standard InChI is InChI=1S/C21H21Cl2FO3/c1-21(2,3)17-9-15(20(25)26)19(24)18(11-4-5-11)16(17)10-27-14-7-12(22)6-13(23)8-14/h6-9,11H,4-5,10H2,1-3H3,(H,25,26). The largest absolute Gasteiger partial charge is 0.489 e. The van der Waals surface area contributed by atoms with E-state index in [-0.39, 0.29) is 23.5 Å². The zero-order chi connectivity index (χ0) is 19.9. The Bertz CT molecular complexity index is 879. The van der Waals surface area contributed by atoms with Gasteiger partial charge in [0.2, 0.25) is 0 Å². The molecule has 0 saturated heterocycles. The molecule has 0 aliphatic heterocycles. The average molecular weight is 411 g/mol. The minimum absolute atomic E-state index is 0.0342. The third kappa shape index (κ3) is 4.39. The summed E-state index contributed by atoms with van der Waals surface area (Å²) in [7, 11) is 0. The Balaban J connectivity index is 2.09. The molecule has 144 valence electrons. The fraction of sp³-hybridized carbons (Fsp3) is 0.381. The van der Waals surface area contributed by atoms with Crippen LogP contribution in [0.5, 0.6) is 5.75 Å². The molecule has 1 fully saturated rings. The molecule has 1 N–H and O–H groups in total. The first kappa shape index (κ1) is 20.0. The van der Waals surface area contributed by atoms with Gasteiger partial charge in [-0.1, -0.05) is 44.0 Å². The molecule has 3 nitrogen and oxygen atoms in total. The van der Waals surface area contributed by atoms with Crippen LogP contribution in [0.25, 0.3) is 0 Å². The lowest BCUT2D eigenvalue weighted by molar-refractivity contribution is 0.0691. The number of ether oxygens (including phenoxy) is 1. The SMILES string of the molecule is CC(C)(C)c1cc(C(=O)O)c(F)c(C2CC2)c1COc1cc(Cl)cc(Cl)c1. The third-order valence-corrected chi connectivity index (χ3v) is 5.09. The normalized spacial score (nSPS) is 14.3. The first-order chi connectivity index (χ1) is 12.6. The van der Waals surface area contributed by atoms with E-state index in [0.29, 0.717) is 26.9 Å². The molecule has 0 amide bonds. The molecule has 1 aliphatic carbocycles. The summed E-state index contributed by atoms with van der Waals surface area (Å²) in [6.45, 7) is 6.04. The molecule has 2 aromatic rings. The highest BCUT2D eigenvalue weighted by molar-refractivity contribution is 6.34. The molecule has 6 heteroatoms. The number of hydrogen-bond acceptors (Lipinski definition) is 2. The van der Waals surface area contributed by atoms with E-state index in [9.17, 15) is 9.90 Å². The fourth-order valence-corrected chi connectivity index (χ4v) is 3.77. The average Bonchev–Trinajstić information content (AvgIpc) is 3.34. The maximum Gasteiger partial charge on any atom is 0.338 e. The lowest BCUT2D eigenvalue weighted by Crippen LogP contribution is -2.20. The maximum atomic E-state index is 15.0. The number of carboxylic acid groups (broad SMARTS) is 1. The van der Waals surface area contributed by atoms with Crippen molar-refractivity contribution in [2.45, 2.75) is 51.6 Å². The van der Waals surface area contributed by atoms with Crippen LogP contribution in [0.3, 0.4) is 0 Å². The van der Waals surface area contributed by atoms with E-state index in [2.05, 4.69) is 0 Å². The second-order valence-electron chi connectivity index (χ2n) is 7.90. The molecule has 1 saturated carbocycles. The molecular formula is C21H21Cl2FO3. The van der Waals surface area contributed by atoms with Crippen LogP contribution in [0, 0.1) is 5.82 Å². The molecule has 27 heavy (non-hydrogen) atoms. The van der Waals surface area contributed by atoms with Crippen LogP contribution in [-0.2, 0) is 12.0 Å². The lowest BCUT2D eigenvalue weighted by atomic mass is 9.80. The van der Waals surface area contributed by atoms with Gasteiger partial charge in [0.1, 0.15) is 18.2 Å². The number of carbonyl (C=O) groups is 1. The summed E-state index contributed by atoms with van der Waals surface area (Å²) in [5.41, 5.74) is 1.30. The lowest BCUT2D eigenvalue weighted by Gasteiger charge is -2.26. The van der Waals surface area contributed by atoms with Crippen molar-refractivity contribution in [3.8, 4) is 5.75 Å². The predicted molar refractivity (Wildman–Crippen MR) is 105 cm³/mol.